The molecular formula is C18H11NO6. The molecular weight excluding hydrogens is 326 g/mol. The average Bonchev–Trinajstić information content (AvgIpc) is 3.17. The van der Waals surface area contributed by atoms with E-state index in [2.05, 4.69) is 0 Å². The van der Waals surface area contributed by atoms with Gasteiger partial charge >= 0.3 is 5.97 Å². The van der Waals surface area contributed by atoms with Gasteiger partial charge in [0.15, 0.2) is 11.3 Å². The van der Waals surface area contributed by atoms with Crippen LogP contribution in [-0.2, 0) is 4.84 Å². The molecule has 0 unspecified atom stereocenters. The molecule has 124 valence electrons. The van der Waals surface area contributed by atoms with Gasteiger partial charge in [-0.15, -0.1) is 0 Å². The molecule has 4 rings (SSSR count). The number of rotatable bonds is 3. The van der Waals surface area contributed by atoms with Gasteiger partial charge in [0.1, 0.15) is 0 Å². The lowest BCUT2D eigenvalue weighted by Crippen LogP contribution is -2.32. The van der Waals surface area contributed by atoms with Gasteiger partial charge in [-0.05, 0) is 24.3 Å². The molecule has 0 radical (unpaired) electrons. The number of para-hydroxylation sites is 1. The summed E-state index contributed by atoms with van der Waals surface area (Å²) in [4.78, 5) is 41.7. The fraction of sp³-hybridized carbons (Fsp3) is 0.0556. The molecule has 1 aliphatic rings. The molecule has 7 nitrogen and oxygen atoms in total. The summed E-state index contributed by atoms with van der Waals surface area (Å²) in [5, 5.41) is 1.07. The molecule has 0 aliphatic carbocycles. The Hall–Kier alpha value is -3.61. The van der Waals surface area contributed by atoms with Gasteiger partial charge in [0.05, 0.1) is 18.2 Å². The topological polar surface area (TPSA) is 86.0 Å². The molecule has 0 saturated heterocycles. The van der Waals surface area contributed by atoms with Gasteiger partial charge in [0.25, 0.3) is 11.8 Å². The fourth-order valence-corrected chi connectivity index (χ4v) is 2.68. The van der Waals surface area contributed by atoms with Crippen LogP contribution in [0.3, 0.4) is 0 Å². The number of hydrogen-bond acceptors (Lipinski definition) is 6. The number of nitrogens with zero attached hydrogens (tertiary/aromatic N) is 1. The number of amides is 2. The van der Waals surface area contributed by atoms with E-state index in [1.165, 1.54) is 25.3 Å². The molecule has 25 heavy (non-hydrogen) atoms. The monoisotopic (exact) mass is 337 g/mol. The molecule has 0 atom stereocenters. The highest BCUT2D eigenvalue weighted by Gasteiger charge is 2.39. The SMILES string of the molecule is COc1cccc2cc(C(=O)ON3C(=O)c4ccccc4C3=O)oc12. The molecule has 1 aromatic heterocycles. The van der Waals surface area contributed by atoms with Crippen LogP contribution in [0.5, 0.6) is 5.75 Å². The maximum absolute atomic E-state index is 12.3. The number of hydroxylamine groups is 2. The van der Waals surface area contributed by atoms with Crippen LogP contribution in [0.1, 0.15) is 31.3 Å². The Labute approximate surface area is 141 Å². The van der Waals surface area contributed by atoms with E-state index >= 15 is 0 Å². The van der Waals surface area contributed by atoms with Gasteiger partial charge < -0.3 is 14.0 Å². The lowest BCUT2D eigenvalue weighted by molar-refractivity contribution is -0.0602. The molecule has 0 N–H and O–H groups in total. The Balaban J connectivity index is 1.63. The number of furan rings is 1. The standard InChI is InChI=1S/C18H11NO6/c1-23-13-8-4-5-10-9-14(24-15(10)13)18(22)25-19-16(20)11-6-2-3-7-12(11)17(19)21/h2-9H,1H3. The fourth-order valence-electron chi connectivity index (χ4n) is 2.68. The average molecular weight is 337 g/mol. The van der Waals surface area contributed by atoms with E-state index in [9.17, 15) is 14.4 Å². The third kappa shape index (κ3) is 2.25. The number of fused-ring (bicyclic) bond motifs is 2. The lowest BCUT2D eigenvalue weighted by Gasteiger charge is -2.11. The molecule has 1 aliphatic heterocycles. The van der Waals surface area contributed by atoms with E-state index in [4.69, 9.17) is 14.0 Å². The highest BCUT2D eigenvalue weighted by atomic mass is 16.7. The van der Waals surface area contributed by atoms with Crippen molar-refractivity contribution in [3.8, 4) is 5.75 Å². The predicted molar refractivity (Wildman–Crippen MR) is 85.1 cm³/mol. The van der Waals surface area contributed by atoms with E-state index in [1.54, 1.807) is 30.3 Å². The zero-order valence-electron chi connectivity index (χ0n) is 13.0. The van der Waals surface area contributed by atoms with Crippen molar-refractivity contribution < 1.29 is 28.4 Å². The van der Waals surface area contributed by atoms with Gasteiger partial charge in [-0.3, -0.25) is 9.59 Å². The molecule has 0 saturated carbocycles. The van der Waals surface area contributed by atoms with Crippen molar-refractivity contribution in [2.24, 2.45) is 0 Å². The van der Waals surface area contributed by atoms with Crippen molar-refractivity contribution in [3.05, 3.63) is 65.4 Å². The normalized spacial score (nSPS) is 13.2. The van der Waals surface area contributed by atoms with Crippen molar-refractivity contribution in [1.29, 1.82) is 0 Å². The second-order valence-electron chi connectivity index (χ2n) is 5.32. The Morgan fingerprint density at radius 2 is 1.68 bits per heavy atom. The van der Waals surface area contributed by atoms with Crippen LogP contribution in [0.15, 0.2) is 52.9 Å². The van der Waals surface area contributed by atoms with Crippen LogP contribution >= 0.6 is 0 Å². The third-order valence-corrected chi connectivity index (χ3v) is 3.86. The summed E-state index contributed by atoms with van der Waals surface area (Å²) < 4.78 is 10.6. The molecule has 2 heterocycles. The Morgan fingerprint density at radius 1 is 1.00 bits per heavy atom. The number of carbonyl (C=O) groups excluding carboxylic acids is 3. The minimum atomic E-state index is -0.951. The molecule has 2 aromatic carbocycles. The van der Waals surface area contributed by atoms with Crippen molar-refractivity contribution >= 4 is 28.8 Å². The van der Waals surface area contributed by atoms with Crippen LogP contribution in [-0.4, -0.2) is 30.0 Å². The summed E-state index contributed by atoms with van der Waals surface area (Å²) >= 11 is 0. The Bertz CT molecular complexity index is 1000. The second kappa shape index (κ2) is 5.48. The minimum Gasteiger partial charge on any atom is -0.493 e. The van der Waals surface area contributed by atoms with E-state index in [1.807, 2.05) is 0 Å². The molecule has 3 aromatic rings. The van der Waals surface area contributed by atoms with Crippen LogP contribution in [0.2, 0.25) is 0 Å². The first-order valence-electron chi connectivity index (χ1n) is 7.37. The summed E-state index contributed by atoms with van der Waals surface area (Å²) in [5.74, 6) is -2.02. The third-order valence-electron chi connectivity index (χ3n) is 3.86. The van der Waals surface area contributed by atoms with Crippen LogP contribution in [0.25, 0.3) is 11.0 Å². The summed E-state index contributed by atoms with van der Waals surface area (Å²) in [6.07, 6.45) is 0. The number of benzene rings is 2. The predicted octanol–water partition coefficient (Wildman–Crippen LogP) is 2.81. The summed E-state index contributed by atoms with van der Waals surface area (Å²) in [6, 6.07) is 12.9. The van der Waals surface area contributed by atoms with Crippen molar-refractivity contribution in [2.45, 2.75) is 0 Å². The van der Waals surface area contributed by atoms with E-state index in [0.29, 0.717) is 21.8 Å². The number of hydrogen-bond donors (Lipinski definition) is 0. The minimum absolute atomic E-state index is 0.143. The molecule has 7 heteroatoms. The summed E-state index contributed by atoms with van der Waals surface area (Å²) in [6.45, 7) is 0. The maximum atomic E-state index is 12.3. The zero-order chi connectivity index (χ0) is 17.6. The number of ether oxygens (including phenoxy) is 1. The molecule has 0 bridgehead atoms. The molecule has 0 spiro atoms. The van der Waals surface area contributed by atoms with Gasteiger partial charge in [-0.2, -0.15) is 0 Å². The first kappa shape index (κ1) is 14.9. The quantitative estimate of drug-likeness (QED) is 0.683. The Morgan fingerprint density at radius 3 is 2.32 bits per heavy atom. The second-order valence-corrected chi connectivity index (χ2v) is 5.32. The van der Waals surface area contributed by atoms with Crippen LogP contribution in [0.4, 0.5) is 0 Å². The highest BCUT2D eigenvalue weighted by molar-refractivity contribution is 6.21. The van der Waals surface area contributed by atoms with Crippen LogP contribution in [0, 0.1) is 0 Å². The highest BCUT2D eigenvalue weighted by Crippen LogP contribution is 2.29. The number of methoxy groups -OCH3 is 1. The summed E-state index contributed by atoms with van der Waals surface area (Å²) in [5.41, 5.74) is 0.748. The Kier molecular flexibility index (Phi) is 3.28. The van der Waals surface area contributed by atoms with Crippen molar-refractivity contribution in [1.82, 2.24) is 5.06 Å². The lowest BCUT2D eigenvalue weighted by atomic mass is 10.1. The van der Waals surface area contributed by atoms with Crippen molar-refractivity contribution in [2.75, 3.05) is 7.11 Å². The summed E-state index contributed by atoms with van der Waals surface area (Å²) in [7, 11) is 1.48. The van der Waals surface area contributed by atoms with E-state index in [0.717, 1.165) is 0 Å². The first-order chi connectivity index (χ1) is 12.1. The first-order valence-corrected chi connectivity index (χ1v) is 7.37. The van der Waals surface area contributed by atoms with Gasteiger partial charge in [-0.25, -0.2) is 4.79 Å². The number of carbonyl (C=O) groups is 3. The number of imide groups is 1. The van der Waals surface area contributed by atoms with E-state index in [-0.39, 0.29) is 16.9 Å². The van der Waals surface area contributed by atoms with Gasteiger partial charge in [-0.1, -0.05) is 29.3 Å². The smallest absolute Gasteiger partial charge is 0.399 e. The van der Waals surface area contributed by atoms with Gasteiger partial charge in [0.2, 0.25) is 5.76 Å². The zero-order valence-corrected chi connectivity index (χ0v) is 13.0. The van der Waals surface area contributed by atoms with Crippen LogP contribution < -0.4 is 4.74 Å². The van der Waals surface area contributed by atoms with Crippen molar-refractivity contribution in [3.63, 3.8) is 0 Å². The largest absolute Gasteiger partial charge is 0.493 e. The van der Waals surface area contributed by atoms with E-state index < -0.39 is 17.8 Å². The molecule has 2 amide bonds. The van der Waals surface area contributed by atoms with Gasteiger partial charge in [0, 0.05) is 5.39 Å². The molecule has 0 fully saturated rings. The maximum Gasteiger partial charge on any atom is 0.399 e.